The van der Waals surface area contributed by atoms with Gasteiger partial charge in [-0.05, 0) is 37.8 Å². The summed E-state index contributed by atoms with van der Waals surface area (Å²) in [5.41, 5.74) is 0. The number of rotatable bonds is 12. The van der Waals surface area contributed by atoms with Gasteiger partial charge in [0.05, 0.1) is 5.75 Å². The SMILES string of the molecule is CCCS(=O)(=O)CCNCCCCCCSC. The lowest BCUT2D eigenvalue weighted by molar-refractivity contribution is 0.582. The molecule has 0 spiro atoms. The molecule has 0 saturated heterocycles. The van der Waals surface area contributed by atoms with E-state index in [9.17, 15) is 8.42 Å². The van der Waals surface area contributed by atoms with Crippen LogP contribution in [0, 0.1) is 0 Å². The van der Waals surface area contributed by atoms with Crippen molar-refractivity contribution in [3.8, 4) is 0 Å². The minimum absolute atomic E-state index is 0.285. The van der Waals surface area contributed by atoms with E-state index >= 15 is 0 Å². The van der Waals surface area contributed by atoms with Gasteiger partial charge in [0, 0.05) is 12.3 Å². The highest BCUT2D eigenvalue weighted by atomic mass is 32.2. The first kappa shape index (κ1) is 17.3. The molecule has 0 aromatic carbocycles. The van der Waals surface area contributed by atoms with Crippen LogP contribution >= 0.6 is 11.8 Å². The molecule has 0 atom stereocenters. The predicted octanol–water partition coefficient (Wildman–Crippen LogP) is 2.32. The fourth-order valence-electron chi connectivity index (χ4n) is 1.62. The van der Waals surface area contributed by atoms with Gasteiger partial charge in [0.1, 0.15) is 0 Å². The zero-order chi connectivity index (χ0) is 13.0. The maximum Gasteiger partial charge on any atom is 0.151 e. The second-order valence-electron chi connectivity index (χ2n) is 4.31. The molecule has 0 aromatic heterocycles. The standard InChI is InChI=1S/C12H27NO2S2/c1-3-11-17(14,15)12-9-13-8-6-4-5-7-10-16-2/h13H,3-12H2,1-2H3. The van der Waals surface area contributed by atoms with Crippen LogP contribution in [0.2, 0.25) is 0 Å². The van der Waals surface area contributed by atoms with E-state index in [-0.39, 0.29) is 5.75 Å². The largest absolute Gasteiger partial charge is 0.316 e. The van der Waals surface area contributed by atoms with Crippen LogP contribution in [0.3, 0.4) is 0 Å². The van der Waals surface area contributed by atoms with Crippen molar-refractivity contribution in [3.05, 3.63) is 0 Å². The van der Waals surface area contributed by atoms with Crippen molar-refractivity contribution in [2.75, 3.05) is 36.6 Å². The molecule has 0 rings (SSSR count). The van der Waals surface area contributed by atoms with Crippen LogP contribution in [0.15, 0.2) is 0 Å². The Balaban J connectivity index is 3.24. The van der Waals surface area contributed by atoms with Gasteiger partial charge in [0.2, 0.25) is 0 Å². The molecule has 3 nitrogen and oxygen atoms in total. The fraction of sp³-hybridized carbons (Fsp3) is 1.00. The first-order valence-corrected chi connectivity index (χ1v) is 9.74. The number of sulfone groups is 1. The molecule has 0 amide bonds. The first-order chi connectivity index (χ1) is 8.12. The molecule has 0 fully saturated rings. The summed E-state index contributed by atoms with van der Waals surface area (Å²) in [5.74, 6) is 1.86. The molecule has 0 aliphatic carbocycles. The Kier molecular flexibility index (Phi) is 11.5. The van der Waals surface area contributed by atoms with Gasteiger partial charge >= 0.3 is 0 Å². The Morgan fingerprint density at radius 1 is 1.00 bits per heavy atom. The average Bonchev–Trinajstić information content (AvgIpc) is 2.27. The number of hydrogen-bond acceptors (Lipinski definition) is 4. The molecule has 0 saturated carbocycles. The van der Waals surface area contributed by atoms with E-state index in [2.05, 4.69) is 11.6 Å². The lowest BCUT2D eigenvalue weighted by Gasteiger charge is -2.05. The number of nitrogens with one attached hydrogen (secondary N) is 1. The van der Waals surface area contributed by atoms with Crippen LogP contribution < -0.4 is 5.32 Å². The molecule has 17 heavy (non-hydrogen) atoms. The van der Waals surface area contributed by atoms with E-state index in [4.69, 9.17) is 0 Å². The molecule has 0 radical (unpaired) electrons. The molecular weight excluding hydrogens is 254 g/mol. The third-order valence-corrected chi connectivity index (χ3v) is 5.11. The summed E-state index contributed by atoms with van der Waals surface area (Å²) < 4.78 is 22.8. The average molecular weight is 281 g/mol. The highest BCUT2D eigenvalue weighted by Crippen LogP contribution is 2.03. The minimum Gasteiger partial charge on any atom is -0.316 e. The van der Waals surface area contributed by atoms with E-state index in [0.29, 0.717) is 12.3 Å². The third kappa shape index (κ3) is 12.5. The summed E-state index contributed by atoms with van der Waals surface area (Å²) in [6.45, 7) is 3.45. The van der Waals surface area contributed by atoms with Gasteiger partial charge in [-0.3, -0.25) is 0 Å². The van der Waals surface area contributed by atoms with Crippen molar-refractivity contribution in [3.63, 3.8) is 0 Å². The number of hydrogen-bond donors (Lipinski definition) is 1. The molecular formula is C12H27NO2S2. The summed E-state index contributed by atoms with van der Waals surface area (Å²) >= 11 is 1.90. The van der Waals surface area contributed by atoms with Gasteiger partial charge < -0.3 is 5.32 Å². The van der Waals surface area contributed by atoms with Crippen molar-refractivity contribution in [2.24, 2.45) is 0 Å². The summed E-state index contributed by atoms with van der Waals surface area (Å²) in [6.07, 6.45) is 7.84. The van der Waals surface area contributed by atoms with E-state index < -0.39 is 9.84 Å². The molecule has 5 heteroatoms. The Morgan fingerprint density at radius 3 is 2.35 bits per heavy atom. The summed E-state index contributed by atoms with van der Waals surface area (Å²) in [7, 11) is -2.80. The molecule has 0 bridgehead atoms. The third-order valence-electron chi connectivity index (χ3n) is 2.56. The molecule has 0 unspecified atom stereocenters. The maximum absolute atomic E-state index is 11.4. The molecule has 0 aliphatic rings. The number of thioether (sulfide) groups is 1. The minimum atomic E-state index is -2.80. The van der Waals surface area contributed by atoms with E-state index in [1.807, 2.05) is 18.7 Å². The molecule has 0 aromatic rings. The second-order valence-corrected chi connectivity index (χ2v) is 7.60. The van der Waals surface area contributed by atoms with Gasteiger partial charge in [-0.1, -0.05) is 19.8 Å². The van der Waals surface area contributed by atoms with Gasteiger partial charge in [0.15, 0.2) is 9.84 Å². The quantitative estimate of drug-likeness (QED) is 0.558. The van der Waals surface area contributed by atoms with Crippen molar-refractivity contribution >= 4 is 21.6 Å². The highest BCUT2D eigenvalue weighted by Gasteiger charge is 2.07. The van der Waals surface area contributed by atoms with E-state index in [1.165, 1.54) is 25.0 Å². The fourth-order valence-corrected chi connectivity index (χ4v) is 3.39. The van der Waals surface area contributed by atoms with Crippen LogP contribution in [0.25, 0.3) is 0 Å². The van der Waals surface area contributed by atoms with Crippen molar-refractivity contribution in [1.82, 2.24) is 5.32 Å². The first-order valence-electron chi connectivity index (χ1n) is 6.52. The van der Waals surface area contributed by atoms with Gasteiger partial charge in [-0.25, -0.2) is 8.42 Å². The predicted molar refractivity (Wildman–Crippen MR) is 78.7 cm³/mol. The van der Waals surface area contributed by atoms with Crippen LogP contribution in [-0.2, 0) is 9.84 Å². The van der Waals surface area contributed by atoms with E-state index in [1.54, 1.807) is 0 Å². The zero-order valence-corrected chi connectivity index (χ0v) is 12.8. The van der Waals surface area contributed by atoms with Crippen molar-refractivity contribution < 1.29 is 8.42 Å². The molecule has 0 heterocycles. The Labute approximate surface area is 111 Å². The van der Waals surface area contributed by atoms with Gasteiger partial charge in [-0.2, -0.15) is 11.8 Å². The Morgan fingerprint density at radius 2 is 1.71 bits per heavy atom. The van der Waals surface area contributed by atoms with Crippen LogP contribution in [-0.4, -0.2) is 45.0 Å². The summed E-state index contributed by atoms with van der Waals surface area (Å²) in [5, 5.41) is 3.21. The van der Waals surface area contributed by atoms with Gasteiger partial charge in [-0.15, -0.1) is 0 Å². The molecule has 0 aliphatic heterocycles. The van der Waals surface area contributed by atoms with Crippen molar-refractivity contribution in [2.45, 2.75) is 39.0 Å². The lowest BCUT2D eigenvalue weighted by Crippen LogP contribution is -2.25. The van der Waals surface area contributed by atoms with Crippen LogP contribution in [0.5, 0.6) is 0 Å². The van der Waals surface area contributed by atoms with Gasteiger partial charge in [0.25, 0.3) is 0 Å². The summed E-state index contributed by atoms with van der Waals surface area (Å²) in [6, 6.07) is 0. The van der Waals surface area contributed by atoms with E-state index in [0.717, 1.165) is 19.4 Å². The van der Waals surface area contributed by atoms with Crippen LogP contribution in [0.4, 0.5) is 0 Å². The lowest BCUT2D eigenvalue weighted by atomic mass is 10.2. The zero-order valence-electron chi connectivity index (χ0n) is 11.2. The summed E-state index contributed by atoms with van der Waals surface area (Å²) in [4.78, 5) is 0. The smallest absolute Gasteiger partial charge is 0.151 e. The Hall–Kier alpha value is 0.260. The molecule has 1 N–H and O–H groups in total. The Bertz CT molecular complexity index is 253. The van der Waals surface area contributed by atoms with Crippen molar-refractivity contribution in [1.29, 1.82) is 0 Å². The number of unbranched alkanes of at least 4 members (excludes halogenated alkanes) is 3. The normalized spacial score (nSPS) is 11.9. The topological polar surface area (TPSA) is 46.2 Å². The molecule has 104 valence electrons. The monoisotopic (exact) mass is 281 g/mol. The maximum atomic E-state index is 11.4. The highest BCUT2D eigenvalue weighted by molar-refractivity contribution is 7.98. The second kappa shape index (κ2) is 11.4. The van der Waals surface area contributed by atoms with Crippen LogP contribution in [0.1, 0.15) is 39.0 Å².